The molecular weight excluding hydrogens is 284 g/mol. The van der Waals surface area contributed by atoms with Gasteiger partial charge in [0.25, 0.3) is 0 Å². The van der Waals surface area contributed by atoms with E-state index in [2.05, 4.69) is 20.8 Å². The number of carbonyl (C=O) groups excluding carboxylic acids is 1. The Morgan fingerprint density at radius 2 is 1.95 bits per heavy atom. The molecular formula is C15H28N4O3. The molecule has 1 rings (SSSR count). The van der Waals surface area contributed by atoms with Crippen LogP contribution >= 0.6 is 0 Å². The summed E-state index contributed by atoms with van der Waals surface area (Å²) in [6.07, 6.45) is 0.626. The van der Waals surface area contributed by atoms with Crippen LogP contribution in [0.2, 0.25) is 0 Å². The lowest BCUT2D eigenvalue weighted by atomic mass is 9.90. The highest BCUT2D eigenvalue weighted by molar-refractivity contribution is 5.74. The molecule has 22 heavy (non-hydrogen) atoms. The number of aliphatic hydroxyl groups is 1. The fourth-order valence-corrected chi connectivity index (χ4v) is 1.74. The summed E-state index contributed by atoms with van der Waals surface area (Å²) in [5.74, 6) is 0.996. The number of nitrogens with zero attached hydrogens (tertiary/aromatic N) is 2. The van der Waals surface area contributed by atoms with Gasteiger partial charge in [0.05, 0.1) is 0 Å². The van der Waals surface area contributed by atoms with E-state index in [0.717, 1.165) is 0 Å². The lowest BCUT2D eigenvalue weighted by molar-refractivity contribution is 0.199. The molecule has 126 valence electrons. The molecule has 7 nitrogen and oxygen atoms in total. The Morgan fingerprint density at radius 1 is 1.32 bits per heavy atom. The predicted molar refractivity (Wildman–Crippen MR) is 83.4 cm³/mol. The standard InChI is InChI=1S/C15H28N4O3/c1-10(11-18-12(19-22-11)14(2,3)4)17-13(21)16-9-15(5,6)7-8-20/h10,20H,7-9H2,1-6H3,(H2,16,17,21). The second-order valence-electron chi connectivity index (χ2n) is 7.39. The predicted octanol–water partition coefficient (Wildman–Crippen LogP) is 2.14. The van der Waals surface area contributed by atoms with Crippen molar-refractivity contribution in [2.24, 2.45) is 5.41 Å². The number of carbonyl (C=O) groups is 1. The maximum atomic E-state index is 11.9. The van der Waals surface area contributed by atoms with Crippen LogP contribution < -0.4 is 10.6 Å². The fraction of sp³-hybridized carbons (Fsp3) is 0.800. The molecule has 0 aliphatic rings. The molecule has 0 aliphatic carbocycles. The molecule has 3 N–H and O–H groups in total. The van der Waals surface area contributed by atoms with Crippen molar-refractivity contribution in [3.63, 3.8) is 0 Å². The van der Waals surface area contributed by atoms with Gasteiger partial charge in [-0.25, -0.2) is 4.79 Å². The van der Waals surface area contributed by atoms with Crippen LogP contribution in [-0.4, -0.2) is 34.4 Å². The summed E-state index contributed by atoms with van der Waals surface area (Å²) < 4.78 is 5.20. The molecule has 1 aromatic heterocycles. The number of aliphatic hydroxyl groups excluding tert-OH is 1. The molecule has 1 unspecified atom stereocenters. The van der Waals surface area contributed by atoms with E-state index < -0.39 is 0 Å². The molecule has 0 bridgehead atoms. The van der Waals surface area contributed by atoms with Crippen molar-refractivity contribution in [3.8, 4) is 0 Å². The van der Waals surface area contributed by atoms with Crippen molar-refractivity contribution in [2.75, 3.05) is 13.2 Å². The molecule has 0 fully saturated rings. The van der Waals surface area contributed by atoms with E-state index >= 15 is 0 Å². The van der Waals surface area contributed by atoms with Crippen molar-refractivity contribution in [1.82, 2.24) is 20.8 Å². The lowest BCUT2D eigenvalue weighted by Gasteiger charge is -2.24. The zero-order valence-corrected chi connectivity index (χ0v) is 14.4. The summed E-state index contributed by atoms with van der Waals surface area (Å²) in [4.78, 5) is 16.2. The van der Waals surface area contributed by atoms with Gasteiger partial charge >= 0.3 is 6.03 Å². The zero-order chi connectivity index (χ0) is 17.0. The first-order chi connectivity index (χ1) is 10.0. The Labute approximate surface area is 131 Å². The Morgan fingerprint density at radius 3 is 2.45 bits per heavy atom. The van der Waals surface area contributed by atoms with Gasteiger partial charge in [-0.15, -0.1) is 0 Å². The second-order valence-corrected chi connectivity index (χ2v) is 7.39. The van der Waals surface area contributed by atoms with Gasteiger partial charge in [-0.1, -0.05) is 39.8 Å². The summed E-state index contributed by atoms with van der Waals surface area (Å²) in [5.41, 5.74) is -0.350. The summed E-state index contributed by atoms with van der Waals surface area (Å²) in [5, 5.41) is 18.5. The molecule has 2 amide bonds. The summed E-state index contributed by atoms with van der Waals surface area (Å²) >= 11 is 0. The third kappa shape index (κ3) is 5.63. The third-order valence-corrected chi connectivity index (χ3v) is 3.35. The van der Waals surface area contributed by atoms with E-state index in [1.807, 2.05) is 34.6 Å². The fourth-order valence-electron chi connectivity index (χ4n) is 1.74. The first-order valence-electron chi connectivity index (χ1n) is 7.54. The van der Waals surface area contributed by atoms with Crippen molar-refractivity contribution >= 4 is 6.03 Å². The van der Waals surface area contributed by atoms with Crippen LogP contribution in [0.15, 0.2) is 4.52 Å². The van der Waals surface area contributed by atoms with Gasteiger partial charge in [0.2, 0.25) is 5.89 Å². The molecule has 0 aromatic carbocycles. The molecule has 1 atom stereocenters. The van der Waals surface area contributed by atoms with Gasteiger partial charge < -0.3 is 20.3 Å². The maximum Gasteiger partial charge on any atom is 0.315 e. The van der Waals surface area contributed by atoms with Crippen LogP contribution in [0.5, 0.6) is 0 Å². The van der Waals surface area contributed by atoms with Gasteiger partial charge in [-0.3, -0.25) is 0 Å². The minimum Gasteiger partial charge on any atom is -0.396 e. The summed E-state index contributed by atoms with van der Waals surface area (Å²) in [6.45, 7) is 12.3. The minimum absolute atomic E-state index is 0.101. The monoisotopic (exact) mass is 312 g/mol. The van der Waals surface area contributed by atoms with Gasteiger partial charge in [0.15, 0.2) is 5.82 Å². The van der Waals surface area contributed by atoms with E-state index in [-0.39, 0.29) is 29.5 Å². The summed E-state index contributed by atoms with van der Waals surface area (Å²) in [7, 11) is 0. The normalized spacial score (nSPS) is 13.8. The quantitative estimate of drug-likeness (QED) is 0.747. The van der Waals surface area contributed by atoms with Crippen molar-refractivity contribution in [1.29, 1.82) is 0 Å². The Hall–Kier alpha value is -1.63. The smallest absolute Gasteiger partial charge is 0.315 e. The van der Waals surface area contributed by atoms with Crippen molar-refractivity contribution in [2.45, 2.75) is 59.4 Å². The van der Waals surface area contributed by atoms with Crippen molar-refractivity contribution in [3.05, 3.63) is 11.7 Å². The Balaban J connectivity index is 2.52. The average molecular weight is 312 g/mol. The van der Waals surface area contributed by atoms with Crippen molar-refractivity contribution < 1.29 is 14.4 Å². The first kappa shape index (κ1) is 18.4. The van der Waals surface area contributed by atoms with E-state index in [1.54, 1.807) is 6.92 Å². The van der Waals surface area contributed by atoms with Gasteiger partial charge in [0, 0.05) is 18.6 Å². The molecule has 0 aliphatic heterocycles. The van der Waals surface area contributed by atoms with Gasteiger partial charge in [0.1, 0.15) is 6.04 Å². The minimum atomic E-state index is -0.371. The largest absolute Gasteiger partial charge is 0.396 e. The molecule has 0 saturated heterocycles. The number of rotatable bonds is 6. The average Bonchev–Trinajstić information content (AvgIpc) is 2.86. The van der Waals surface area contributed by atoms with Crippen LogP contribution in [0.1, 0.15) is 65.7 Å². The Kier molecular flexibility index (Phi) is 5.93. The van der Waals surface area contributed by atoms with Crippen LogP contribution in [0, 0.1) is 5.41 Å². The van der Waals surface area contributed by atoms with Gasteiger partial charge in [-0.05, 0) is 18.8 Å². The molecule has 1 heterocycles. The van der Waals surface area contributed by atoms with Gasteiger partial charge in [-0.2, -0.15) is 4.98 Å². The number of hydrogen-bond donors (Lipinski definition) is 3. The molecule has 0 saturated carbocycles. The van der Waals surface area contributed by atoms with E-state index in [1.165, 1.54) is 0 Å². The number of nitrogens with one attached hydrogen (secondary N) is 2. The molecule has 7 heteroatoms. The topological polar surface area (TPSA) is 100 Å². The summed E-state index contributed by atoms with van der Waals surface area (Å²) in [6, 6.07) is -0.668. The highest BCUT2D eigenvalue weighted by Gasteiger charge is 2.24. The van der Waals surface area contributed by atoms with E-state index in [9.17, 15) is 4.79 Å². The first-order valence-corrected chi connectivity index (χ1v) is 7.54. The zero-order valence-electron chi connectivity index (χ0n) is 14.4. The third-order valence-electron chi connectivity index (χ3n) is 3.35. The van der Waals surface area contributed by atoms with Crippen LogP contribution in [-0.2, 0) is 5.41 Å². The molecule has 1 aromatic rings. The highest BCUT2D eigenvalue weighted by atomic mass is 16.5. The SMILES string of the molecule is CC(NC(=O)NCC(C)(C)CCO)c1nc(C(C)(C)C)no1. The van der Waals surface area contributed by atoms with Crippen LogP contribution in [0.3, 0.4) is 0 Å². The van der Waals surface area contributed by atoms with Crippen LogP contribution in [0.4, 0.5) is 4.79 Å². The van der Waals surface area contributed by atoms with Crippen LogP contribution in [0.25, 0.3) is 0 Å². The van der Waals surface area contributed by atoms with E-state index in [4.69, 9.17) is 9.63 Å². The Bertz CT molecular complexity index is 491. The number of hydrogen-bond acceptors (Lipinski definition) is 5. The highest BCUT2D eigenvalue weighted by Crippen LogP contribution is 2.21. The number of aromatic nitrogens is 2. The molecule has 0 radical (unpaired) electrons. The number of amides is 2. The number of urea groups is 1. The lowest BCUT2D eigenvalue weighted by Crippen LogP contribution is -2.42. The molecule has 0 spiro atoms. The maximum absolute atomic E-state index is 11.9. The second kappa shape index (κ2) is 7.09. The van der Waals surface area contributed by atoms with E-state index in [0.29, 0.717) is 24.7 Å².